The van der Waals surface area contributed by atoms with Gasteiger partial charge in [-0.2, -0.15) is 8.42 Å². The maximum Gasteiger partial charge on any atom is 0.264 e. The average molecular weight is 198 g/mol. The Kier molecular flexibility index (Phi) is 6.87. The van der Waals surface area contributed by atoms with Crippen molar-refractivity contribution in [1.82, 2.24) is 0 Å². The number of hydrogen-bond acceptors (Lipinski definition) is 2. The van der Waals surface area contributed by atoms with Gasteiger partial charge in [0.1, 0.15) is 0 Å². The molecule has 0 saturated heterocycles. The van der Waals surface area contributed by atoms with Crippen molar-refractivity contribution in [2.75, 3.05) is 5.75 Å². The van der Waals surface area contributed by atoms with Crippen LogP contribution in [0.1, 0.15) is 6.92 Å². The van der Waals surface area contributed by atoms with Crippen molar-refractivity contribution >= 4 is 55.6 Å². The monoisotopic (exact) mass is 198 g/mol. The van der Waals surface area contributed by atoms with Gasteiger partial charge in [0.25, 0.3) is 10.1 Å². The van der Waals surface area contributed by atoms with Crippen molar-refractivity contribution in [3.05, 3.63) is 0 Å². The van der Waals surface area contributed by atoms with Gasteiger partial charge in [-0.25, -0.2) is 0 Å². The van der Waals surface area contributed by atoms with Gasteiger partial charge in [0.05, 0.1) is 5.75 Å². The minimum Gasteiger partial charge on any atom is -0.286 e. The molecule has 0 amide bonds. The molecule has 0 bridgehead atoms. The fourth-order valence-corrected chi connectivity index (χ4v) is 0. The van der Waals surface area contributed by atoms with Crippen LogP contribution in [0.5, 0.6) is 0 Å². The topological polar surface area (TPSA) is 54.4 Å². The Morgan fingerprint density at radius 1 is 1.57 bits per heavy atom. The molecule has 0 rings (SSSR count). The fraction of sp³-hybridized carbons (Fsp3) is 1.00. The fourth-order valence-electron chi connectivity index (χ4n) is 0. The van der Waals surface area contributed by atoms with E-state index in [2.05, 4.69) is 0 Å². The second kappa shape index (κ2) is 4.29. The molecule has 0 aromatic rings. The van der Waals surface area contributed by atoms with E-state index in [0.29, 0.717) is 0 Å². The Hall–Kier alpha value is 1.39. The maximum atomic E-state index is 9.56. The van der Waals surface area contributed by atoms with E-state index in [1.54, 1.807) is 0 Å². The quantitative estimate of drug-likeness (QED) is 0.456. The van der Waals surface area contributed by atoms with Crippen molar-refractivity contribution in [3.8, 4) is 0 Å². The minimum atomic E-state index is -3.66. The second-order valence-corrected chi connectivity index (χ2v) is 2.61. The Morgan fingerprint density at radius 2 is 1.71 bits per heavy atom. The molecular weight excluding hydrogens is 192 g/mol. The van der Waals surface area contributed by atoms with Crippen molar-refractivity contribution in [3.63, 3.8) is 0 Å². The van der Waals surface area contributed by atoms with Crippen LogP contribution in [0.2, 0.25) is 0 Å². The molecule has 0 saturated carbocycles. The molecule has 0 fully saturated rings. The zero-order valence-corrected chi connectivity index (χ0v) is 8.38. The van der Waals surface area contributed by atoms with E-state index in [0.717, 1.165) is 0 Å². The van der Waals surface area contributed by atoms with Crippen LogP contribution >= 0.6 is 0 Å². The zero-order chi connectivity index (χ0) is 5.21. The van der Waals surface area contributed by atoms with Gasteiger partial charge in [-0.05, 0) is 6.92 Å². The molecule has 0 heterocycles. The summed E-state index contributed by atoms with van der Waals surface area (Å²) in [5.41, 5.74) is 0. The summed E-state index contributed by atoms with van der Waals surface area (Å²) in [6.45, 7) is 1.37. The standard InChI is InChI=1S/C2H6O3S.Sr/c1-2-6(3,4)5;/h2H2,1H3,(H,3,4,5);. The van der Waals surface area contributed by atoms with Crippen LogP contribution in [0, 0.1) is 0 Å². The van der Waals surface area contributed by atoms with E-state index in [4.69, 9.17) is 4.55 Å². The van der Waals surface area contributed by atoms with Crippen molar-refractivity contribution in [2.24, 2.45) is 0 Å². The SMILES string of the molecule is CCS(=O)(=O)O.[Sr]. The van der Waals surface area contributed by atoms with Crippen molar-refractivity contribution in [1.29, 1.82) is 0 Å². The summed E-state index contributed by atoms with van der Waals surface area (Å²) in [5, 5.41) is 0. The molecule has 0 aromatic carbocycles. The average Bonchev–Trinajstić information content (AvgIpc) is 1.35. The third-order valence-electron chi connectivity index (χ3n) is 0.365. The van der Waals surface area contributed by atoms with E-state index >= 15 is 0 Å². The van der Waals surface area contributed by atoms with Crippen LogP contribution in [0.4, 0.5) is 0 Å². The number of hydrogen-bond donors (Lipinski definition) is 1. The van der Waals surface area contributed by atoms with Crippen molar-refractivity contribution in [2.45, 2.75) is 6.92 Å². The van der Waals surface area contributed by atoms with Gasteiger partial charge < -0.3 is 0 Å². The van der Waals surface area contributed by atoms with Gasteiger partial charge in [0.15, 0.2) is 0 Å². The number of rotatable bonds is 1. The van der Waals surface area contributed by atoms with Crippen LogP contribution in [0.25, 0.3) is 0 Å². The molecule has 1 N–H and O–H groups in total. The summed E-state index contributed by atoms with van der Waals surface area (Å²) in [5.74, 6) is -0.201. The summed E-state index contributed by atoms with van der Waals surface area (Å²) in [6.07, 6.45) is 0. The predicted octanol–water partition coefficient (Wildman–Crippen LogP) is -0.487. The summed E-state index contributed by atoms with van der Waals surface area (Å²) in [7, 11) is -3.66. The van der Waals surface area contributed by atoms with Gasteiger partial charge in [-0.15, -0.1) is 0 Å². The van der Waals surface area contributed by atoms with Crippen LogP contribution in [0.15, 0.2) is 0 Å². The molecule has 3 nitrogen and oxygen atoms in total. The molecule has 5 heteroatoms. The van der Waals surface area contributed by atoms with Gasteiger partial charge in [0, 0.05) is 45.5 Å². The summed E-state index contributed by atoms with van der Waals surface area (Å²) >= 11 is 0. The normalized spacial score (nSPS) is 10.0. The van der Waals surface area contributed by atoms with E-state index in [9.17, 15) is 8.42 Å². The predicted molar refractivity (Wildman–Crippen MR) is 27.8 cm³/mol. The first-order chi connectivity index (χ1) is 2.56. The molecular formula is C2H6O3SSr. The Balaban J connectivity index is 0. The summed E-state index contributed by atoms with van der Waals surface area (Å²) < 4.78 is 26.9. The smallest absolute Gasteiger partial charge is 0.264 e. The first kappa shape index (κ1) is 11.2. The summed E-state index contributed by atoms with van der Waals surface area (Å²) in [6, 6.07) is 0. The Bertz CT molecular complexity index is 115. The molecule has 0 atom stereocenters. The Morgan fingerprint density at radius 3 is 1.71 bits per heavy atom. The Labute approximate surface area is 80.1 Å². The molecule has 40 valence electrons. The molecule has 2 radical (unpaired) electrons. The molecule has 7 heavy (non-hydrogen) atoms. The third kappa shape index (κ3) is 11.1. The van der Waals surface area contributed by atoms with E-state index in [1.807, 2.05) is 0 Å². The van der Waals surface area contributed by atoms with Crippen molar-refractivity contribution < 1.29 is 13.0 Å². The zero-order valence-electron chi connectivity index (χ0n) is 4.09. The molecule has 0 aromatic heterocycles. The van der Waals surface area contributed by atoms with Crippen LogP contribution in [-0.2, 0) is 10.1 Å². The van der Waals surface area contributed by atoms with Gasteiger partial charge in [-0.3, -0.25) is 4.55 Å². The van der Waals surface area contributed by atoms with Crippen LogP contribution in [-0.4, -0.2) is 64.2 Å². The van der Waals surface area contributed by atoms with E-state index < -0.39 is 10.1 Å². The minimum absolute atomic E-state index is 0. The largest absolute Gasteiger partial charge is 0.286 e. The first-order valence-corrected chi connectivity index (χ1v) is 3.12. The van der Waals surface area contributed by atoms with Crippen LogP contribution in [0.3, 0.4) is 0 Å². The first-order valence-electron chi connectivity index (χ1n) is 1.51. The molecule has 0 unspecified atom stereocenters. The van der Waals surface area contributed by atoms with E-state index in [-0.39, 0.29) is 51.2 Å². The second-order valence-electron chi connectivity index (χ2n) is 0.871. The van der Waals surface area contributed by atoms with Crippen LogP contribution < -0.4 is 0 Å². The molecule has 0 spiro atoms. The van der Waals surface area contributed by atoms with Gasteiger partial charge in [-0.1, -0.05) is 0 Å². The summed E-state index contributed by atoms with van der Waals surface area (Å²) in [4.78, 5) is 0. The molecule has 0 aliphatic rings. The third-order valence-corrected chi connectivity index (χ3v) is 1.09. The van der Waals surface area contributed by atoms with Gasteiger partial charge in [0.2, 0.25) is 0 Å². The molecule has 0 aliphatic carbocycles. The maximum absolute atomic E-state index is 9.56. The molecule has 0 aliphatic heterocycles. The van der Waals surface area contributed by atoms with Gasteiger partial charge >= 0.3 is 0 Å². The van der Waals surface area contributed by atoms with E-state index in [1.165, 1.54) is 6.92 Å².